The highest BCUT2D eigenvalue weighted by Gasteiger charge is 2.39. The monoisotopic (exact) mass is 303 g/mol. The molecule has 1 fully saturated rings. The van der Waals surface area contributed by atoms with Crippen molar-refractivity contribution in [2.24, 2.45) is 0 Å². The van der Waals surface area contributed by atoms with Crippen molar-refractivity contribution in [2.75, 3.05) is 18.0 Å². The number of hydrogen-bond acceptors (Lipinski definition) is 3. The number of carboxylic acid groups (broad SMARTS) is 1. The molecule has 1 aliphatic rings. The molecule has 21 heavy (non-hydrogen) atoms. The second-order valence-electron chi connectivity index (χ2n) is 5.17. The van der Waals surface area contributed by atoms with Crippen LogP contribution < -0.4 is 4.90 Å². The predicted molar refractivity (Wildman–Crippen MR) is 70.2 cm³/mol. The van der Waals surface area contributed by atoms with Crippen LogP contribution in [0.5, 0.6) is 0 Å². The molecule has 2 heterocycles. The molecule has 2 atom stereocenters. The molecular formula is C13H16F3N3O2. The van der Waals surface area contributed by atoms with Crippen molar-refractivity contribution < 1.29 is 23.1 Å². The lowest BCUT2D eigenvalue weighted by molar-refractivity contribution is -0.137. The van der Waals surface area contributed by atoms with Gasteiger partial charge in [0.2, 0.25) is 0 Å². The van der Waals surface area contributed by atoms with Gasteiger partial charge in [0.1, 0.15) is 5.82 Å². The normalized spacial score (nSPS) is 23.3. The van der Waals surface area contributed by atoms with Gasteiger partial charge in [-0.05, 0) is 26.0 Å². The number of hydrogen-bond donors (Lipinski definition) is 1. The van der Waals surface area contributed by atoms with E-state index in [4.69, 9.17) is 5.11 Å². The Balaban J connectivity index is 2.31. The standard InChI is InChI=1S/C13H16F3N3O2/c1-8-6-18(7-9(2)19(8)12(20)21)11-10(13(14,15)16)4-3-5-17-11/h3-5,8-9H,6-7H2,1-2H3,(H,20,21)/t8-,9-/m1/s1. The first kappa shape index (κ1) is 15.4. The van der Waals surface area contributed by atoms with Crippen LogP contribution in [0.15, 0.2) is 18.3 Å². The van der Waals surface area contributed by atoms with Crippen LogP contribution in [0.3, 0.4) is 0 Å². The minimum absolute atomic E-state index is 0.145. The maximum absolute atomic E-state index is 13.0. The quantitative estimate of drug-likeness (QED) is 0.866. The third-order valence-corrected chi connectivity index (χ3v) is 3.53. The fourth-order valence-electron chi connectivity index (χ4n) is 2.74. The van der Waals surface area contributed by atoms with Gasteiger partial charge in [-0.1, -0.05) is 0 Å². The first-order chi connectivity index (χ1) is 9.71. The lowest BCUT2D eigenvalue weighted by atomic mass is 10.1. The van der Waals surface area contributed by atoms with E-state index in [-0.39, 0.29) is 18.9 Å². The van der Waals surface area contributed by atoms with E-state index in [2.05, 4.69) is 4.98 Å². The van der Waals surface area contributed by atoms with E-state index in [1.54, 1.807) is 13.8 Å². The number of piperazine rings is 1. The SMILES string of the molecule is C[C@@H]1CN(c2ncccc2C(F)(F)F)C[C@@H](C)N1C(=O)O. The zero-order chi connectivity index (χ0) is 15.8. The topological polar surface area (TPSA) is 56.7 Å². The molecule has 0 spiro atoms. The molecule has 1 aromatic heterocycles. The lowest BCUT2D eigenvalue weighted by Gasteiger charge is -2.43. The molecule has 0 aromatic carbocycles. The van der Waals surface area contributed by atoms with Crippen LogP contribution in [-0.2, 0) is 6.18 Å². The van der Waals surface area contributed by atoms with E-state index in [1.165, 1.54) is 22.1 Å². The molecule has 1 aliphatic heterocycles. The van der Waals surface area contributed by atoms with E-state index in [1.807, 2.05) is 0 Å². The molecule has 0 radical (unpaired) electrons. The van der Waals surface area contributed by atoms with Gasteiger partial charge < -0.3 is 10.0 Å². The van der Waals surface area contributed by atoms with Crippen LogP contribution in [0.1, 0.15) is 19.4 Å². The first-order valence-electron chi connectivity index (χ1n) is 6.50. The van der Waals surface area contributed by atoms with Crippen LogP contribution in [0, 0.1) is 0 Å². The van der Waals surface area contributed by atoms with E-state index in [0.717, 1.165) is 6.07 Å². The third kappa shape index (κ3) is 3.03. The molecule has 0 bridgehead atoms. The summed E-state index contributed by atoms with van der Waals surface area (Å²) in [6.45, 7) is 3.70. The number of aromatic nitrogens is 1. The molecule has 1 aromatic rings. The third-order valence-electron chi connectivity index (χ3n) is 3.53. The second-order valence-corrected chi connectivity index (χ2v) is 5.17. The van der Waals surface area contributed by atoms with Gasteiger partial charge in [0.25, 0.3) is 0 Å². The zero-order valence-corrected chi connectivity index (χ0v) is 11.6. The molecule has 1 amide bonds. The Morgan fingerprint density at radius 3 is 2.38 bits per heavy atom. The van der Waals surface area contributed by atoms with Crippen molar-refractivity contribution >= 4 is 11.9 Å². The highest BCUT2D eigenvalue weighted by molar-refractivity contribution is 5.66. The Bertz CT molecular complexity index is 524. The Hall–Kier alpha value is -1.99. The van der Waals surface area contributed by atoms with Gasteiger partial charge in [-0.3, -0.25) is 4.90 Å². The van der Waals surface area contributed by atoms with Gasteiger partial charge in [-0.15, -0.1) is 0 Å². The summed E-state index contributed by atoms with van der Waals surface area (Å²) in [7, 11) is 0. The van der Waals surface area contributed by atoms with Gasteiger partial charge in [0.15, 0.2) is 0 Å². The van der Waals surface area contributed by atoms with Crippen LogP contribution in [0.2, 0.25) is 0 Å². The summed E-state index contributed by atoms with van der Waals surface area (Å²) in [5.74, 6) is -0.145. The Kier molecular flexibility index (Phi) is 3.97. The van der Waals surface area contributed by atoms with Gasteiger partial charge in [0.05, 0.1) is 17.6 Å². The molecular weight excluding hydrogens is 287 g/mol. The number of amides is 1. The van der Waals surface area contributed by atoms with E-state index in [0.29, 0.717) is 0 Å². The average Bonchev–Trinajstić information content (AvgIpc) is 2.36. The minimum atomic E-state index is -4.49. The Morgan fingerprint density at radius 2 is 1.90 bits per heavy atom. The molecule has 116 valence electrons. The number of anilines is 1. The van der Waals surface area contributed by atoms with E-state index >= 15 is 0 Å². The highest BCUT2D eigenvalue weighted by atomic mass is 19.4. The maximum Gasteiger partial charge on any atom is 0.419 e. The average molecular weight is 303 g/mol. The molecule has 1 saturated heterocycles. The number of carbonyl (C=O) groups is 1. The van der Waals surface area contributed by atoms with Gasteiger partial charge in [-0.25, -0.2) is 9.78 Å². The Morgan fingerprint density at radius 1 is 1.33 bits per heavy atom. The maximum atomic E-state index is 13.0. The van der Waals surface area contributed by atoms with Crippen LogP contribution >= 0.6 is 0 Å². The van der Waals surface area contributed by atoms with E-state index in [9.17, 15) is 18.0 Å². The van der Waals surface area contributed by atoms with Crippen molar-refractivity contribution in [1.29, 1.82) is 0 Å². The predicted octanol–water partition coefficient (Wildman–Crippen LogP) is 2.68. The second kappa shape index (κ2) is 5.42. The largest absolute Gasteiger partial charge is 0.465 e. The molecule has 5 nitrogen and oxygen atoms in total. The van der Waals surface area contributed by atoms with Gasteiger partial charge >= 0.3 is 12.3 Å². The summed E-state index contributed by atoms with van der Waals surface area (Å²) in [6.07, 6.45) is -4.24. The van der Waals surface area contributed by atoms with E-state index < -0.39 is 29.9 Å². The van der Waals surface area contributed by atoms with Crippen LogP contribution in [-0.4, -0.2) is 46.3 Å². The Labute approximate surface area is 120 Å². The fourth-order valence-corrected chi connectivity index (χ4v) is 2.74. The summed E-state index contributed by atoms with van der Waals surface area (Å²) in [5.41, 5.74) is -0.798. The minimum Gasteiger partial charge on any atom is -0.465 e. The van der Waals surface area contributed by atoms with Crippen molar-refractivity contribution in [1.82, 2.24) is 9.88 Å². The van der Waals surface area contributed by atoms with Crippen molar-refractivity contribution in [2.45, 2.75) is 32.1 Å². The zero-order valence-electron chi connectivity index (χ0n) is 11.6. The summed E-state index contributed by atoms with van der Waals surface area (Å²) in [5, 5.41) is 9.13. The summed E-state index contributed by atoms with van der Waals surface area (Å²) in [6, 6.07) is 1.41. The van der Waals surface area contributed by atoms with Crippen molar-refractivity contribution in [3.63, 3.8) is 0 Å². The molecule has 0 aliphatic carbocycles. The molecule has 0 saturated carbocycles. The number of alkyl halides is 3. The molecule has 2 rings (SSSR count). The molecule has 8 heteroatoms. The van der Waals surface area contributed by atoms with Crippen molar-refractivity contribution in [3.8, 4) is 0 Å². The summed E-state index contributed by atoms with van der Waals surface area (Å²) in [4.78, 5) is 17.8. The molecule has 0 unspecified atom stereocenters. The molecule has 1 N–H and O–H groups in total. The van der Waals surface area contributed by atoms with Crippen LogP contribution in [0.4, 0.5) is 23.8 Å². The summed E-state index contributed by atoms with van der Waals surface area (Å²) < 4.78 is 39.1. The first-order valence-corrected chi connectivity index (χ1v) is 6.50. The smallest absolute Gasteiger partial charge is 0.419 e. The van der Waals surface area contributed by atoms with Gasteiger partial charge in [0, 0.05) is 19.3 Å². The number of rotatable bonds is 1. The van der Waals surface area contributed by atoms with Crippen LogP contribution in [0.25, 0.3) is 0 Å². The lowest BCUT2D eigenvalue weighted by Crippen LogP contribution is -2.58. The highest BCUT2D eigenvalue weighted by Crippen LogP contribution is 2.36. The number of pyridine rings is 1. The summed E-state index contributed by atoms with van der Waals surface area (Å²) >= 11 is 0. The number of nitrogens with zero attached hydrogens (tertiary/aromatic N) is 3. The number of halogens is 3. The fraction of sp³-hybridized carbons (Fsp3) is 0.538. The van der Waals surface area contributed by atoms with Crippen molar-refractivity contribution in [3.05, 3.63) is 23.9 Å². The van der Waals surface area contributed by atoms with Gasteiger partial charge in [-0.2, -0.15) is 13.2 Å².